The molecular weight excluding hydrogens is 246 g/mol. The highest BCUT2D eigenvalue weighted by molar-refractivity contribution is 5.39. The number of rotatable bonds is 6. The van der Waals surface area contributed by atoms with Crippen molar-refractivity contribution in [3.05, 3.63) is 0 Å². The van der Waals surface area contributed by atoms with E-state index in [1.165, 1.54) is 0 Å². The molecule has 1 saturated heterocycles. The third kappa shape index (κ3) is 3.44. The summed E-state index contributed by atoms with van der Waals surface area (Å²) in [6, 6.07) is 0.326. The van der Waals surface area contributed by atoms with Crippen molar-refractivity contribution >= 4 is 11.9 Å². The van der Waals surface area contributed by atoms with Crippen molar-refractivity contribution in [1.82, 2.24) is 15.0 Å². The molecule has 0 saturated carbocycles. The van der Waals surface area contributed by atoms with Crippen molar-refractivity contribution in [2.75, 3.05) is 43.6 Å². The molecule has 2 heterocycles. The summed E-state index contributed by atoms with van der Waals surface area (Å²) in [6.45, 7) is 4.76. The minimum Gasteiger partial charge on any atom is -0.467 e. The molecule has 1 atom stereocenters. The number of ether oxygens (including phenoxy) is 1. The van der Waals surface area contributed by atoms with E-state index in [0.29, 0.717) is 23.8 Å². The number of hydrogen-bond acceptors (Lipinski definition) is 7. The summed E-state index contributed by atoms with van der Waals surface area (Å²) in [5.74, 6) is 1.69. The summed E-state index contributed by atoms with van der Waals surface area (Å²) in [7, 11) is 1.55. The van der Waals surface area contributed by atoms with Crippen LogP contribution in [0.25, 0.3) is 0 Å². The smallest absolute Gasteiger partial charge is 0.322 e. The quantitative estimate of drug-likeness (QED) is 0.777. The van der Waals surface area contributed by atoms with Crippen LogP contribution in [0, 0.1) is 5.92 Å². The van der Waals surface area contributed by atoms with Gasteiger partial charge in [0.05, 0.1) is 7.11 Å². The van der Waals surface area contributed by atoms with Gasteiger partial charge in [0.25, 0.3) is 0 Å². The zero-order valence-corrected chi connectivity index (χ0v) is 11.5. The van der Waals surface area contributed by atoms with Gasteiger partial charge in [-0.3, -0.25) is 0 Å². The van der Waals surface area contributed by atoms with Crippen LogP contribution in [0.1, 0.15) is 19.8 Å². The Morgan fingerprint density at radius 1 is 1.42 bits per heavy atom. The Balaban J connectivity index is 2.12. The number of nitrogens with one attached hydrogen (secondary N) is 1. The van der Waals surface area contributed by atoms with Crippen LogP contribution >= 0.6 is 0 Å². The highest BCUT2D eigenvalue weighted by atomic mass is 16.5. The molecule has 106 valence electrons. The van der Waals surface area contributed by atoms with Gasteiger partial charge in [-0.2, -0.15) is 15.0 Å². The first-order valence-electron chi connectivity index (χ1n) is 6.66. The fraction of sp³-hybridized carbons (Fsp3) is 0.750. The van der Waals surface area contributed by atoms with E-state index in [1.807, 2.05) is 6.92 Å². The van der Waals surface area contributed by atoms with Gasteiger partial charge in [0, 0.05) is 26.2 Å². The zero-order chi connectivity index (χ0) is 13.7. The van der Waals surface area contributed by atoms with Crippen molar-refractivity contribution in [2.45, 2.75) is 19.8 Å². The number of aromatic nitrogens is 3. The molecule has 0 aromatic carbocycles. The van der Waals surface area contributed by atoms with Crippen molar-refractivity contribution in [3.8, 4) is 6.01 Å². The summed E-state index contributed by atoms with van der Waals surface area (Å²) in [5.41, 5.74) is 0. The van der Waals surface area contributed by atoms with E-state index in [1.54, 1.807) is 7.11 Å². The van der Waals surface area contributed by atoms with Gasteiger partial charge in [-0.05, 0) is 25.7 Å². The van der Waals surface area contributed by atoms with Gasteiger partial charge in [0.2, 0.25) is 11.9 Å². The molecule has 0 aliphatic carbocycles. The number of aliphatic hydroxyl groups is 1. The Labute approximate surface area is 113 Å². The van der Waals surface area contributed by atoms with Gasteiger partial charge in [0.1, 0.15) is 0 Å². The van der Waals surface area contributed by atoms with Crippen LogP contribution in [0.5, 0.6) is 6.01 Å². The molecule has 2 N–H and O–H groups in total. The molecule has 1 aromatic rings. The molecule has 2 rings (SSSR count). The Morgan fingerprint density at radius 2 is 2.26 bits per heavy atom. The highest BCUT2D eigenvalue weighted by Gasteiger charge is 2.25. The Kier molecular flexibility index (Phi) is 4.73. The average Bonchev–Trinajstić information content (AvgIpc) is 2.88. The van der Waals surface area contributed by atoms with Crippen molar-refractivity contribution in [2.24, 2.45) is 5.92 Å². The molecule has 7 heteroatoms. The van der Waals surface area contributed by atoms with Gasteiger partial charge in [-0.25, -0.2) is 0 Å². The van der Waals surface area contributed by atoms with Gasteiger partial charge in [0.15, 0.2) is 0 Å². The van der Waals surface area contributed by atoms with Crippen molar-refractivity contribution in [3.63, 3.8) is 0 Å². The van der Waals surface area contributed by atoms with E-state index in [0.717, 1.165) is 32.5 Å². The molecule has 0 radical (unpaired) electrons. The topological polar surface area (TPSA) is 83.4 Å². The second kappa shape index (κ2) is 6.51. The van der Waals surface area contributed by atoms with Crippen molar-refractivity contribution in [1.29, 1.82) is 0 Å². The maximum absolute atomic E-state index is 8.99. The normalized spacial score (nSPS) is 18.7. The molecule has 0 amide bonds. The first-order valence-corrected chi connectivity index (χ1v) is 6.66. The fourth-order valence-electron chi connectivity index (χ4n) is 2.25. The Morgan fingerprint density at radius 3 is 2.95 bits per heavy atom. The van der Waals surface area contributed by atoms with Crippen LogP contribution < -0.4 is 15.0 Å². The predicted octanol–water partition coefficient (Wildman–Crippen LogP) is 0.521. The second-order valence-corrected chi connectivity index (χ2v) is 4.59. The van der Waals surface area contributed by atoms with E-state index >= 15 is 0 Å². The minimum absolute atomic E-state index is 0.238. The molecule has 1 aliphatic rings. The molecule has 19 heavy (non-hydrogen) atoms. The summed E-state index contributed by atoms with van der Waals surface area (Å²) >= 11 is 0. The van der Waals surface area contributed by atoms with Crippen LogP contribution in [0.4, 0.5) is 11.9 Å². The fourth-order valence-corrected chi connectivity index (χ4v) is 2.25. The van der Waals surface area contributed by atoms with E-state index in [2.05, 4.69) is 25.2 Å². The molecule has 7 nitrogen and oxygen atoms in total. The monoisotopic (exact) mass is 267 g/mol. The third-order valence-corrected chi connectivity index (χ3v) is 3.23. The average molecular weight is 267 g/mol. The summed E-state index contributed by atoms with van der Waals surface area (Å²) < 4.78 is 5.11. The first-order chi connectivity index (χ1) is 9.26. The third-order valence-electron chi connectivity index (χ3n) is 3.23. The number of anilines is 2. The van der Waals surface area contributed by atoms with E-state index in [9.17, 15) is 0 Å². The van der Waals surface area contributed by atoms with Crippen LogP contribution in [0.15, 0.2) is 0 Å². The molecule has 1 fully saturated rings. The molecule has 1 aromatic heterocycles. The van der Waals surface area contributed by atoms with Gasteiger partial charge < -0.3 is 20.1 Å². The van der Waals surface area contributed by atoms with Crippen molar-refractivity contribution < 1.29 is 9.84 Å². The number of methoxy groups -OCH3 is 1. The lowest BCUT2D eigenvalue weighted by atomic mass is 10.1. The molecular formula is C12H21N5O2. The van der Waals surface area contributed by atoms with Gasteiger partial charge in [-0.15, -0.1) is 0 Å². The summed E-state index contributed by atoms with van der Waals surface area (Å²) in [5, 5.41) is 12.1. The van der Waals surface area contributed by atoms with E-state index < -0.39 is 0 Å². The minimum atomic E-state index is 0.238. The SMILES string of the molecule is CCNc1nc(OC)nc(N2CCC(CCO)C2)n1. The second-order valence-electron chi connectivity index (χ2n) is 4.59. The molecule has 1 aliphatic heterocycles. The maximum atomic E-state index is 8.99. The first kappa shape index (κ1) is 13.8. The van der Waals surface area contributed by atoms with Crippen LogP contribution in [-0.4, -0.2) is 53.4 Å². The number of nitrogens with zero attached hydrogens (tertiary/aromatic N) is 4. The molecule has 0 spiro atoms. The van der Waals surface area contributed by atoms with Gasteiger partial charge >= 0.3 is 6.01 Å². The van der Waals surface area contributed by atoms with Crippen LogP contribution in [0.3, 0.4) is 0 Å². The summed E-state index contributed by atoms with van der Waals surface area (Å²) in [6.07, 6.45) is 1.89. The Hall–Kier alpha value is -1.63. The lowest BCUT2D eigenvalue weighted by Gasteiger charge is -2.17. The standard InChI is InChI=1S/C12H21N5O2/c1-3-13-10-14-11(16-12(15-10)19-2)17-6-4-9(8-17)5-7-18/h9,18H,3-8H2,1-2H3,(H,13,14,15,16). The van der Waals surface area contributed by atoms with Crippen LogP contribution in [-0.2, 0) is 0 Å². The lowest BCUT2D eigenvalue weighted by Crippen LogP contribution is -2.23. The highest BCUT2D eigenvalue weighted by Crippen LogP contribution is 2.24. The van der Waals surface area contributed by atoms with Gasteiger partial charge in [-0.1, -0.05) is 0 Å². The summed E-state index contributed by atoms with van der Waals surface area (Å²) in [4.78, 5) is 15.0. The molecule has 1 unspecified atom stereocenters. The Bertz CT molecular complexity index is 415. The largest absolute Gasteiger partial charge is 0.467 e. The van der Waals surface area contributed by atoms with E-state index in [-0.39, 0.29) is 6.61 Å². The number of aliphatic hydroxyl groups excluding tert-OH is 1. The zero-order valence-electron chi connectivity index (χ0n) is 11.5. The number of hydrogen-bond donors (Lipinski definition) is 2. The van der Waals surface area contributed by atoms with Crippen LogP contribution in [0.2, 0.25) is 0 Å². The maximum Gasteiger partial charge on any atom is 0.322 e. The molecule has 0 bridgehead atoms. The predicted molar refractivity (Wildman–Crippen MR) is 72.6 cm³/mol. The lowest BCUT2D eigenvalue weighted by molar-refractivity contribution is 0.263. The van der Waals surface area contributed by atoms with E-state index in [4.69, 9.17) is 9.84 Å².